The Labute approximate surface area is 226 Å². The molecule has 0 saturated heterocycles. The highest BCUT2D eigenvalue weighted by Gasteiger charge is 2.34. The molecule has 1 aliphatic carbocycles. The van der Waals surface area contributed by atoms with Gasteiger partial charge in [-0.15, -0.1) is 0 Å². The van der Waals surface area contributed by atoms with E-state index >= 15 is 0 Å². The molecule has 192 valence electrons. The summed E-state index contributed by atoms with van der Waals surface area (Å²) < 4.78 is 9.40. The maximum absolute atomic E-state index is 7.09. The van der Waals surface area contributed by atoms with Crippen molar-refractivity contribution in [3.63, 3.8) is 0 Å². The molecule has 0 atom stereocenters. The van der Waals surface area contributed by atoms with Crippen LogP contribution in [0.4, 0.5) is 0 Å². The van der Waals surface area contributed by atoms with Crippen molar-refractivity contribution in [1.29, 1.82) is 0 Å². The van der Waals surface area contributed by atoms with Crippen molar-refractivity contribution in [2.24, 2.45) is 18.4 Å². The minimum Gasteiger partial charge on any atom is -0.455 e. The topological polar surface area (TPSA) is 13.1 Å². The van der Waals surface area contributed by atoms with E-state index in [0.29, 0.717) is 0 Å². The molecule has 0 amide bonds. The van der Waals surface area contributed by atoms with Crippen molar-refractivity contribution in [1.82, 2.24) is 0 Å². The summed E-state index contributed by atoms with van der Waals surface area (Å²) in [5.74, 6) is 2.88. The lowest BCUT2D eigenvalue weighted by Gasteiger charge is -2.28. The number of ether oxygens (including phenoxy) is 1. The van der Waals surface area contributed by atoms with Crippen LogP contribution in [0.5, 0.6) is 11.5 Å². The lowest BCUT2D eigenvalue weighted by Crippen LogP contribution is -2.32. The molecule has 4 aromatic carbocycles. The van der Waals surface area contributed by atoms with Gasteiger partial charge in [-0.2, -0.15) is 0 Å². The third-order valence-electron chi connectivity index (χ3n) is 9.00. The van der Waals surface area contributed by atoms with Crippen LogP contribution in [0.25, 0.3) is 43.6 Å². The van der Waals surface area contributed by atoms with Crippen molar-refractivity contribution >= 4 is 32.3 Å². The monoisotopic (exact) mass is 500 g/mol. The highest BCUT2D eigenvalue weighted by atomic mass is 16.5. The van der Waals surface area contributed by atoms with Gasteiger partial charge in [0, 0.05) is 17.0 Å². The first-order valence-electron chi connectivity index (χ1n) is 14.4. The average molecular weight is 501 g/mol. The van der Waals surface area contributed by atoms with Gasteiger partial charge in [0.15, 0.2) is 6.20 Å². The minimum atomic E-state index is 0.140. The van der Waals surface area contributed by atoms with Crippen molar-refractivity contribution in [2.45, 2.75) is 66.2 Å². The molecule has 0 unspecified atom stereocenters. The van der Waals surface area contributed by atoms with Gasteiger partial charge in [0.1, 0.15) is 18.5 Å². The first-order chi connectivity index (χ1) is 18.3. The van der Waals surface area contributed by atoms with Gasteiger partial charge in [-0.3, -0.25) is 0 Å². The number of hydrogen-bond donors (Lipinski definition) is 0. The van der Waals surface area contributed by atoms with E-state index in [1.54, 1.807) is 0 Å². The Morgan fingerprint density at radius 3 is 2.37 bits per heavy atom. The van der Waals surface area contributed by atoms with E-state index in [9.17, 15) is 0 Å². The summed E-state index contributed by atoms with van der Waals surface area (Å²) >= 11 is 0. The van der Waals surface area contributed by atoms with E-state index < -0.39 is 0 Å². The lowest BCUT2D eigenvalue weighted by atomic mass is 9.81. The average Bonchev–Trinajstić information content (AvgIpc) is 3.40. The summed E-state index contributed by atoms with van der Waals surface area (Å²) in [6, 6.07) is 20.5. The van der Waals surface area contributed by atoms with Crippen LogP contribution >= 0.6 is 0 Å². The fraction of sp³-hybridized carbons (Fsp3) is 0.361. The second-order valence-corrected chi connectivity index (χ2v) is 13.0. The predicted molar refractivity (Wildman–Crippen MR) is 159 cm³/mol. The third-order valence-corrected chi connectivity index (χ3v) is 9.00. The number of rotatable bonds is 3. The number of hydrogen-bond acceptors (Lipinski definition) is 1. The molecule has 5 aromatic rings. The molecule has 2 aliphatic rings. The molecule has 0 radical (unpaired) electrons. The van der Waals surface area contributed by atoms with Crippen molar-refractivity contribution < 1.29 is 9.30 Å². The molecule has 1 aliphatic heterocycles. The van der Waals surface area contributed by atoms with Gasteiger partial charge in [-0.1, -0.05) is 88.9 Å². The predicted octanol–water partition coefficient (Wildman–Crippen LogP) is 9.37. The van der Waals surface area contributed by atoms with Gasteiger partial charge in [-0.05, 0) is 69.8 Å². The van der Waals surface area contributed by atoms with Crippen molar-refractivity contribution in [3.8, 4) is 22.8 Å². The number of fused-ring (bicyclic) bond motifs is 5. The largest absolute Gasteiger partial charge is 0.455 e. The molecule has 2 heterocycles. The van der Waals surface area contributed by atoms with E-state index in [2.05, 4.69) is 100 Å². The Kier molecular flexibility index (Phi) is 5.34. The summed E-state index contributed by atoms with van der Waals surface area (Å²) in [6.45, 7) is 9.26. The van der Waals surface area contributed by atoms with Crippen LogP contribution in [0.2, 0.25) is 0 Å². The van der Waals surface area contributed by atoms with Gasteiger partial charge >= 0.3 is 0 Å². The molecule has 2 nitrogen and oxygen atoms in total. The quantitative estimate of drug-likeness (QED) is 0.174. The molecule has 1 saturated carbocycles. The van der Waals surface area contributed by atoms with Gasteiger partial charge in [0.05, 0.1) is 10.9 Å². The number of aromatic nitrogens is 1. The zero-order valence-electron chi connectivity index (χ0n) is 23.4. The van der Waals surface area contributed by atoms with Gasteiger partial charge in [0.2, 0.25) is 5.69 Å². The number of nitrogens with zero attached hydrogens (tertiary/aromatic N) is 1. The SMILES string of the molecule is Cc1c2c(c(CC(C)(C)C)c3ccccc13)Oc1cc3c(CC4CCCC4)cccc3c3cc[n+](C)c-2c13. The maximum Gasteiger partial charge on any atom is 0.228 e. The Bertz CT molecular complexity index is 1750. The van der Waals surface area contributed by atoms with Crippen LogP contribution in [0.15, 0.2) is 60.8 Å². The molecule has 1 aromatic heterocycles. The first-order valence-corrected chi connectivity index (χ1v) is 14.4. The van der Waals surface area contributed by atoms with Gasteiger partial charge < -0.3 is 4.74 Å². The first kappa shape index (κ1) is 23.7. The molecule has 0 bridgehead atoms. The highest BCUT2D eigenvalue weighted by Crippen LogP contribution is 2.53. The van der Waals surface area contributed by atoms with Crippen LogP contribution in [0.3, 0.4) is 0 Å². The van der Waals surface area contributed by atoms with Crippen LogP contribution in [0, 0.1) is 18.3 Å². The lowest BCUT2D eigenvalue weighted by molar-refractivity contribution is -0.659. The second-order valence-electron chi connectivity index (χ2n) is 13.0. The summed E-state index contributed by atoms with van der Waals surface area (Å²) in [5, 5.41) is 7.90. The highest BCUT2D eigenvalue weighted by molar-refractivity contribution is 6.16. The Balaban J connectivity index is 1.56. The molecule has 0 spiro atoms. The standard InChI is InChI=1S/C36H38NO/c1-22-25-14-8-9-15-26(25)30(21-36(2,3)4)35-32(22)34-33-28(17-18-37(34)5)27-16-10-13-24(19-23-11-6-7-12-23)29(27)20-31(33)38-35/h8-10,13-18,20,23H,6-7,11-12,19,21H2,1-5H3/q+1. The Morgan fingerprint density at radius 1 is 0.868 bits per heavy atom. The minimum absolute atomic E-state index is 0.140. The summed E-state index contributed by atoms with van der Waals surface area (Å²) in [5.41, 5.74) is 6.78. The fourth-order valence-electron chi connectivity index (χ4n) is 7.29. The van der Waals surface area contributed by atoms with E-state index in [1.165, 1.54) is 92.4 Å². The number of aryl methyl sites for hydroxylation is 2. The molecule has 1 fully saturated rings. The normalized spacial score (nSPS) is 15.4. The molecule has 38 heavy (non-hydrogen) atoms. The maximum atomic E-state index is 7.09. The molecular formula is C36H38NO+. The van der Waals surface area contributed by atoms with Crippen LogP contribution < -0.4 is 9.30 Å². The fourth-order valence-corrected chi connectivity index (χ4v) is 7.29. The Hall–Kier alpha value is -3.39. The van der Waals surface area contributed by atoms with E-state index in [1.807, 2.05) is 0 Å². The zero-order valence-corrected chi connectivity index (χ0v) is 23.4. The van der Waals surface area contributed by atoms with Crippen LogP contribution in [-0.4, -0.2) is 0 Å². The van der Waals surface area contributed by atoms with Crippen LogP contribution in [0.1, 0.15) is 63.1 Å². The van der Waals surface area contributed by atoms with E-state index in [4.69, 9.17) is 4.74 Å². The molecule has 0 N–H and O–H groups in total. The summed E-state index contributed by atoms with van der Waals surface area (Å²) in [7, 11) is 2.19. The zero-order chi connectivity index (χ0) is 26.2. The summed E-state index contributed by atoms with van der Waals surface area (Å²) in [4.78, 5) is 0. The summed E-state index contributed by atoms with van der Waals surface area (Å²) in [6.07, 6.45) is 9.88. The molecule has 2 heteroatoms. The van der Waals surface area contributed by atoms with E-state index in [-0.39, 0.29) is 5.41 Å². The number of benzene rings is 4. The van der Waals surface area contributed by atoms with Crippen molar-refractivity contribution in [3.05, 3.63) is 77.5 Å². The Morgan fingerprint density at radius 2 is 1.61 bits per heavy atom. The molecule has 7 rings (SSSR count). The third kappa shape index (κ3) is 3.64. The second kappa shape index (κ2) is 8.56. The van der Waals surface area contributed by atoms with E-state index in [0.717, 1.165) is 23.8 Å². The smallest absolute Gasteiger partial charge is 0.228 e. The van der Waals surface area contributed by atoms with Gasteiger partial charge in [0.25, 0.3) is 0 Å². The van der Waals surface area contributed by atoms with Gasteiger partial charge in [-0.25, -0.2) is 4.57 Å². The molecular weight excluding hydrogens is 462 g/mol. The number of pyridine rings is 1. The van der Waals surface area contributed by atoms with Crippen LogP contribution in [-0.2, 0) is 19.9 Å². The van der Waals surface area contributed by atoms with Crippen molar-refractivity contribution in [2.75, 3.05) is 0 Å².